The van der Waals surface area contributed by atoms with Gasteiger partial charge in [-0.1, -0.05) is 17.8 Å². The van der Waals surface area contributed by atoms with E-state index in [0.717, 1.165) is 10.8 Å². The molecule has 0 unspecified atom stereocenters. The van der Waals surface area contributed by atoms with Gasteiger partial charge in [0.25, 0.3) is 0 Å². The third-order valence-electron chi connectivity index (χ3n) is 4.10. The molecule has 24 heavy (non-hydrogen) atoms. The summed E-state index contributed by atoms with van der Waals surface area (Å²) >= 11 is 1.49. The summed E-state index contributed by atoms with van der Waals surface area (Å²) in [5.41, 5.74) is 3.60. The molecule has 130 valence electrons. The standard InChI is InChI=1S/C19H27N3OS/c1-13(2)22(14(3)4)18(23)12-24-19-20-9-10-21(19)17-8-7-15(5)16(6)11-17/h7-11,13-14H,12H2,1-6H3. The fourth-order valence-corrected chi connectivity index (χ4v) is 3.68. The van der Waals surface area contributed by atoms with Crippen LogP contribution < -0.4 is 0 Å². The summed E-state index contributed by atoms with van der Waals surface area (Å²) in [7, 11) is 0. The Morgan fingerprint density at radius 1 is 1.17 bits per heavy atom. The Hall–Kier alpha value is -1.75. The normalized spacial score (nSPS) is 11.3. The number of benzene rings is 1. The van der Waals surface area contributed by atoms with Crippen molar-refractivity contribution < 1.29 is 4.79 Å². The molecule has 0 radical (unpaired) electrons. The highest BCUT2D eigenvalue weighted by Crippen LogP contribution is 2.23. The van der Waals surface area contributed by atoms with Crippen molar-refractivity contribution in [2.24, 2.45) is 0 Å². The van der Waals surface area contributed by atoms with Crippen molar-refractivity contribution in [3.05, 3.63) is 41.7 Å². The molecule has 0 saturated carbocycles. The first-order valence-corrected chi connectivity index (χ1v) is 9.34. The minimum Gasteiger partial charge on any atom is -0.337 e. The number of nitrogens with zero attached hydrogens (tertiary/aromatic N) is 3. The minimum atomic E-state index is 0.152. The second kappa shape index (κ2) is 7.88. The van der Waals surface area contributed by atoms with Crippen LogP contribution in [0.25, 0.3) is 5.69 Å². The van der Waals surface area contributed by atoms with E-state index in [1.165, 1.54) is 22.9 Å². The Labute approximate surface area is 149 Å². The Kier molecular flexibility index (Phi) is 6.10. The molecule has 0 N–H and O–H groups in total. The van der Waals surface area contributed by atoms with Crippen molar-refractivity contribution in [1.29, 1.82) is 0 Å². The van der Waals surface area contributed by atoms with Gasteiger partial charge in [0.1, 0.15) is 0 Å². The van der Waals surface area contributed by atoms with Gasteiger partial charge in [-0.25, -0.2) is 4.98 Å². The molecule has 0 atom stereocenters. The van der Waals surface area contributed by atoms with Crippen molar-refractivity contribution in [2.75, 3.05) is 5.75 Å². The lowest BCUT2D eigenvalue weighted by Gasteiger charge is -2.30. The maximum absolute atomic E-state index is 12.5. The summed E-state index contributed by atoms with van der Waals surface area (Å²) in [6.07, 6.45) is 3.73. The highest BCUT2D eigenvalue weighted by Gasteiger charge is 2.20. The maximum Gasteiger partial charge on any atom is 0.233 e. The van der Waals surface area contributed by atoms with E-state index < -0.39 is 0 Å². The number of amides is 1. The molecule has 2 aromatic rings. The van der Waals surface area contributed by atoms with Crippen LogP contribution in [0.2, 0.25) is 0 Å². The van der Waals surface area contributed by atoms with E-state index in [4.69, 9.17) is 0 Å². The Morgan fingerprint density at radius 2 is 1.83 bits per heavy atom. The fraction of sp³-hybridized carbons (Fsp3) is 0.474. The summed E-state index contributed by atoms with van der Waals surface area (Å²) in [4.78, 5) is 18.9. The molecular weight excluding hydrogens is 318 g/mol. The number of hydrogen-bond donors (Lipinski definition) is 0. The Morgan fingerprint density at radius 3 is 2.42 bits per heavy atom. The van der Waals surface area contributed by atoms with Crippen LogP contribution >= 0.6 is 11.8 Å². The Balaban J connectivity index is 2.13. The summed E-state index contributed by atoms with van der Waals surface area (Å²) in [6, 6.07) is 6.76. The van der Waals surface area contributed by atoms with E-state index in [1.807, 2.05) is 15.7 Å². The van der Waals surface area contributed by atoms with Crippen LogP contribution in [0.3, 0.4) is 0 Å². The van der Waals surface area contributed by atoms with Gasteiger partial charge in [-0.2, -0.15) is 0 Å². The monoisotopic (exact) mass is 345 g/mol. The zero-order chi connectivity index (χ0) is 17.9. The molecule has 1 aromatic heterocycles. The fourth-order valence-electron chi connectivity index (χ4n) is 2.84. The maximum atomic E-state index is 12.5. The van der Waals surface area contributed by atoms with Crippen molar-refractivity contribution in [3.63, 3.8) is 0 Å². The smallest absolute Gasteiger partial charge is 0.233 e. The first kappa shape index (κ1) is 18.6. The SMILES string of the molecule is Cc1ccc(-n2ccnc2SCC(=O)N(C(C)C)C(C)C)cc1C. The molecule has 1 aromatic carbocycles. The van der Waals surface area contributed by atoms with E-state index in [2.05, 4.69) is 64.7 Å². The molecule has 0 saturated heterocycles. The van der Waals surface area contributed by atoms with E-state index in [-0.39, 0.29) is 18.0 Å². The third kappa shape index (κ3) is 4.20. The van der Waals surface area contributed by atoms with Crippen LogP contribution in [0.4, 0.5) is 0 Å². The zero-order valence-corrected chi connectivity index (χ0v) is 16.2. The van der Waals surface area contributed by atoms with Gasteiger partial charge in [0.15, 0.2) is 5.16 Å². The molecule has 1 amide bonds. The lowest BCUT2D eigenvalue weighted by molar-refractivity contribution is -0.131. The molecule has 1 heterocycles. The molecule has 2 rings (SSSR count). The average molecular weight is 346 g/mol. The lowest BCUT2D eigenvalue weighted by atomic mass is 10.1. The number of aromatic nitrogens is 2. The number of rotatable bonds is 6. The quantitative estimate of drug-likeness (QED) is 0.736. The minimum absolute atomic E-state index is 0.152. The number of carbonyl (C=O) groups excluding carboxylic acids is 1. The van der Waals surface area contributed by atoms with Crippen molar-refractivity contribution in [1.82, 2.24) is 14.5 Å². The van der Waals surface area contributed by atoms with Gasteiger partial charge in [0, 0.05) is 30.2 Å². The molecule has 0 aliphatic carbocycles. The van der Waals surface area contributed by atoms with Crippen molar-refractivity contribution >= 4 is 17.7 Å². The van der Waals surface area contributed by atoms with Crippen molar-refractivity contribution in [3.8, 4) is 5.69 Å². The van der Waals surface area contributed by atoms with Crippen LogP contribution in [-0.4, -0.2) is 38.2 Å². The number of hydrogen-bond acceptors (Lipinski definition) is 3. The van der Waals surface area contributed by atoms with Gasteiger partial charge in [-0.3, -0.25) is 9.36 Å². The predicted octanol–water partition coefficient (Wildman–Crippen LogP) is 4.23. The molecule has 5 heteroatoms. The van der Waals surface area contributed by atoms with E-state index >= 15 is 0 Å². The highest BCUT2D eigenvalue weighted by atomic mass is 32.2. The summed E-state index contributed by atoms with van der Waals surface area (Å²) in [5, 5.41) is 0.846. The number of imidazole rings is 1. The molecular formula is C19H27N3OS. The molecule has 0 aliphatic heterocycles. The summed E-state index contributed by atoms with van der Waals surface area (Å²) in [5.74, 6) is 0.553. The zero-order valence-electron chi connectivity index (χ0n) is 15.4. The van der Waals surface area contributed by atoms with Crippen LogP contribution in [-0.2, 0) is 4.79 Å². The first-order valence-electron chi connectivity index (χ1n) is 8.36. The predicted molar refractivity (Wildman–Crippen MR) is 101 cm³/mol. The van der Waals surface area contributed by atoms with Crippen LogP contribution in [0.1, 0.15) is 38.8 Å². The average Bonchev–Trinajstić information content (AvgIpc) is 2.95. The van der Waals surface area contributed by atoms with Gasteiger partial charge in [-0.15, -0.1) is 0 Å². The Bertz CT molecular complexity index is 698. The van der Waals surface area contributed by atoms with Crippen LogP contribution in [0.5, 0.6) is 0 Å². The van der Waals surface area contributed by atoms with Gasteiger partial charge in [-0.05, 0) is 64.8 Å². The second-order valence-electron chi connectivity index (χ2n) is 6.63. The molecule has 0 spiro atoms. The lowest BCUT2D eigenvalue weighted by Crippen LogP contribution is -2.43. The molecule has 4 nitrogen and oxygen atoms in total. The van der Waals surface area contributed by atoms with E-state index in [9.17, 15) is 4.79 Å². The topological polar surface area (TPSA) is 38.1 Å². The van der Waals surface area contributed by atoms with E-state index in [0.29, 0.717) is 5.75 Å². The largest absolute Gasteiger partial charge is 0.337 e. The van der Waals surface area contributed by atoms with Crippen LogP contribution in [0, 0.1) is 13.8 Å². The van der Waals surface area contributed by atoms with E-state index in [1.54, 1.807) is 6.20 Å². The second-order valence-corrected chi connectivity index (χ2v) is 7.57. The van der Waals surface area contributed by atoms with Gasteiger partial charge < -0.3 is 4.90 Å². The first-order chi connectivity index (χ1) is 11.3. The van der Waals surface area contributed by atoms with Gasteiger partial charge in [0.2, 0.25) is 5.91 Å². The molecule has 0 bridgehead atoms. The summed E-state index contributed by atoms with van der Waals surface area (Å²) in [6.45, 7) is 12.4. The number of thioether (sulfide) groups is 1. The number of aryl methyl sites for hydroxylation is 2. The third-order valence-corrected chi connectivity index (χ3v) is 5.05. The molecule has 0 fully saturated rings. The number of carbonyl (C=O) groups is 1. The van der Waals surface area contributed by atoms with Crippen LogP contribution in [0.15, 0.2) is 35.7 Å². The highest BCUT2D eigenvalue weighted by molar-refractivity contribution is 7.99. The van der Waals surface area contributed by atoms with Crippen molar-refractivity contribution in [2.45, 2.75) is 58.8 Å². The summed E-state index contributed by atoms with van der Waals surface area (Å²) < 4.78 is 2.04. The molecule has 0 aliphatic rings. The van der Waals surface area contributed by atoms with Gasteiger partial charge >= 0.3 is 0 Å². The van der Waals surface area contributed by atoms with Gasteiger partial charge in [0.05, 0.1) is 5.75 Å².